The van der Waals surface area contributed by atoms with Gasteiger partial charge in [0.1, 0.15) is 0 Å². The molecule has 0 spiro atoms. The molecule has 1 aliphatic rings. The maximum atomic E-state index is 12.8. The first kappa shape index (κ1) is 20.3. The van der Waals surface area contributed by atoms with Crippen molar-refractivity contribution in [1.29, 1.82) is 0 Å². The third-order valence-electron chi connectivity index (χ3n) is 4.02. The van der Waals surface area contributed by atoms with Crippen LogP contribution in [0.3, 0.4) is 0 Å². The van der Waals surface area contributed by atoms with E-state index in [0.29, 0.717) is 19.5 Å². The lowest BCUT2D eigenvalue weighted by atomic mass is 9.81. The van der Waals surface area contributed by atoms with E-state index in [9.17, 15) is 18.5 Å². The molecule has 0 amide bonds. The summed E-state index contributed by atoms with van der Waals surface area (Å²) in [6.45, 7) is 4.53. The van der Waals surface area contributed by atoms with Gasteiger partial charge in [0.25, 0.3) is 5.69 Å². The average Bonchev–Trinajstić information content (AvgIpc) is 2.41. The number of piperidine rings is 1. The van der Waals surface area contributed by atoms with Gasteiger partial charge in [0.05, 0.1) is 9.82 Å². The second-order valence-electron chi connectivity index (χ2n) is 6.09. The number of nitro benzene ring substituents is 1. The SMILES string of the molecule is CC1(C)CN(S(=O)(=O)c2ccc([N+](=O)[O-])cc2Br)CCC1N.Cl. The third-order valence-corrected chi connectivity index (χ3v) is 6.84. The number of rotatable bonds is 3. The van der Waals surface area contributed by atoms with Crippen LogP contribution in [-0.4, -0.2) is 36.8 Å². The Labute approximate surface area is 150 Å². The number of nitro groups is 1. The molecule has 1 saturated heterocycles. The Morgan fingerprint density at radius 3 is 2.52 bits per heavy atom. The molecule has 0 bridgehead atoms. The summed E-state index contributed by atoms with van der Waals surface area (Å²) in [4.78, 5) is 10.2. The molecule has 10 heteroatoms. The maximum absolute atomic E-state index is 12.8. The maximum Gasteiger partial charge on any atom is 0.270 e. The smallest absolute Gasteiger partial charge is 0.270 e. The van der Waals surface area contributed by atoms with Crippen molar-refractivity contribution in [3.63, 3.8) is 0 Å². The van der Waals surface area contributed by atoms with E-state index in [1.807, 2.05) is 13.8 Å². The first-order valence-electron chi connectivity index (χ1n) is 6.75. The normalized spacial score (nSPS) is 21.5. The summed E-state index contributed by atoms with van der Waals surface area (Å²) >= 11 is 3.12. The zero-order valence-electron chi connectivity index (χ0n) is 12.7. The van der Waals surface area contributed by atoms with Gasteiger partial charge in [-0.05, 0) is 33.8 Å². The van der Waals surface area contributed by atoms with Crippen molar-refractivity contribution in [3.05, 3.63) is 32.8 Å². The van der Waals surface area contributed by atoms with Crippen molar-refractivity contribution in [2.45, 2.75) is 31.2 Å². The number of nitrogens with two attached hydrogens (primary N) is 1. The largest absolute Gasteiger partial charge is 0.327 e. The summed E-state index contributed by atoms with van der Waals surface area (Å²) in [7, 11) is -3.72. The van der Waals surface area contributed by atoms with Gasteiger partial charge in [-0.3, -0.25) is 10.1 Å². The molecule has 0 saturated carbocycles. The predicted octanol–water partition coefficient (Wildman–Crippen LogP) is 2.53. The molecule has 2 N–H and O–H groups in total. The Bertz CT molecular complexity index is 711. The summed E-state index contributed by atoms with van der Waals surface area (Å²) in [5, 5.41) is 10.7. The fourth-order valence-corrected chi connectivity index (χ4v) is 5.13. The van der Waals surface area contributed by atoms with Gasteiger partial charge in [0.15, 0.2) is 0 Å². The summed E-state index contributed by atoms with van der Waals surface area (Å²) < 4.78 is 27.1. The Hall–Kier alpha value is -0.740. The highest BCUT2D eigenvalue weighted by Crippen LogP contribution is 2.34. The lowest BCUT2D eigenvalue weighted by Crippen LogP contribution is -2.53. The molecule has 0 aromatic heterocycles. The van der Waals surface area contributed by atoms with Crippen LogP contribution in [0.15, 0.2) is 27.6 Å². The molecule has 23 heavy (non-hydrogen) atoms. The quantitative estimate of drug-likeness (QED) is 0.588. The Kier molecular flexibility index (Phi) is 6.20. The van der Waals surface area contributed by atoms with Crippen LogP contribution in [0.5, 0.6) is 0 Å². The van der Waals surface area contributed by atoms with Gasteiger partial charge in [-0.15, -0.1) is 12.4 Å². The Balaban J connectivity index is 0.00000264. The van der Waals surface area contributed by atoms with Gasteiger partial charge in [-0.2, -0.15) is 4.31 Å². The van der Waals surface area contributed by atoms with Crippen LogP contribution in [0.1, 0.15) is 20.3 Å². The first-order valence-corrected chi connectivity index (χ1v) is 8.99. The van der Waals surface area contributed by atoms with Crippen molar-refractivity contribution in [2.24, 2.45) is 11.1 Å². The van der Waals surface area contributed by atoms with Crippen LogP contribution < -0.4 is 5.73 Å². The van der Waals surface area contributed by atoms with Gasteiger partial charge in [-0.25, -0.2) is 8.42 Å². The molecule has 1 heterocycles. The van der Waals surface area contributed by atoms with E-state index >= 15 is 0 Å². The molecule has 0 aliphatic carbocycles. The van der Waals surface area contributed by atoms with Crippen molar-refractivity contribution in [3.8, 4) is 0 Å². The number of hydrogen-bond donors (Lipinski definition) is 1. The highest BCUT2D eigenvalue weighted by molar-refractivity contribution is 9.10. The monoisotopic (exact) mass is 427 g/mol. The molecule has 7 nitrogen and oxygen atoms in total. The molecular weight excluding hydrogens is 410 g/mol. The van der Waals surface area contributed by atoms with Gasteiger partial charge in [0, 0.05) is 35.7 Å². The summed E-state index contributed by atoms with van der Waals surface area (Å²) in [6.07, 6.45) is 0.580. The van der Waals surface area contributed by atoms with Gasteiger partial charge >= 0.3 is 0 Å². The zero-order chi connectivity index (χ0) is 16.7. The van der Waals surface area contributed by atoms with E-state index in [-0.39, 0.29) is 38.9 Å². The molecule has 0 radical (unpaired) electrons. The standard InChI is InChI=1S/C13H18BrN3O4S.ClH/c1-13(2)8-16(6-5-12(13)15)22(20,21)11-4-3-9(17(18)19)7-10(11)14;/h3-4,7,12H,5-6,8,15H2,1-2H3;1H. The zero-order valence-corrected chi connectivity index (χ0v) is 15.9. The third kappa shape index (κ3) is 4.03. The summed E-state index contributed by atoms with van der Waals surface area (Å²) in [5.74, 6) is 0. The molecule has 1 unspecified atom stereocenters. The van der Waals surface area contributed by atoms with E-state index in [1.165, 1.54) is 22.5 Å². The first-order chi connectivity index (χ1) is 10.1. The Morgan fingerprint density at radius 2 is 2.04 bits per heavy atom. The molecule has 1 aromatic carbocycles. The molecular formula is C13H19BrClN3O4S. The van der Waals surface area contributed by atoms with Crippen LogP contribution in [0.4, 0.5) is 5.69 Å². The molecule has 1 aromatic rings. The van der Waals surface area contributed by atoms with E-state index in [2.05, 4.69) is 15.9 Å². The second kappa shape index (κ2) is 7.02. The van der Waals surface area contributed by atoms with Crippen LogP contribution in [0.2, 0.25) is 0 Å². The average molecular weight is 429 g/mol. The summed E-state index contributed by atoms with van der Waals surface area (Å²) in [6, 6.07) is 3.60. The van der Waals surface area contributed by atoms with Crippen molar-refractivity contribution in [2.75, 3.05) is 13.1 Å². The topological polar surface area (TPSA) is 107 Å². The van der Waals surface area contributed by atoms with Crippen molar-refractivity contribution in [1.82, 2.24) is 4.31 Å². The van der Waals surface area contributed by atoms with Crippen LogP contribution in [0.25, 0.3) is 0 Å². The van der Waals surface area contributed by atoms with Crippen molar-refractivity contribution < 1.29 is 13.3 Å². The minimum atomic E-state index is -3.72. The minimum Gasteiger partial charge on any atom is -0.327 e. The van der Waals surface area contributed by atoms with E-state index < -0.39 is 14.9 Å². The van der Waals surface area contributed by atoms with E-state index in [4.69, 9.17) is 5.73 Å². The highest BCUT2D eigenvalue weighted by Gasteiger charge is 2.39. The molecule has 2 rings (SSSR count). The number of benzene rings is 1. The number of non-ortho nitro benzene ring substituents is 1. The van der Waals surface area contributed by atoms with Crippen molar-refractivity contribution >= 4 is 44.0 Å². The van der Waals surface area contributed by atoms with Crippen LogP contribution in [0, 0.1) is 15.5 Å². The number of nitrogens with zero attached hydrogens (tertiary/aromatic N) is 2. The second-order valence-corrected chi connectivity index (χ2v) is 8.85. The van der Waals surface area contributed by atoms with E-state index in [1.54, 1.807) is 0 Å². The fraction of sp³-hybridized carbons (Fsp3) is 0.538. The molecule has 130 valence electrons. The minimum absolute atomic E-state index is 0. The predicted molar refractivity (Wildman–Crippen MR) is 93.2 cm³/mol. The molecule has 1 atom stereocenters. The van der Waals surface area contributed by atoms with Gasteiger partial charge < -0.3 is 5.73 Å². The Morgan fingerprint density at radius 1 is 1.43 bits per heavy atom. The molecule has 1 aliphatic heterocycles. The van der Waals surface area contributed by atoms with Gasteiger partial charge in [-0.1, -0.05) is 13.8 Å². The van der Waals surface area contributed by atoms with Crippen LogP contribution in [-0.2, 0) is 10.0 Å². The van der Waals surface area contributed by atoms with E-state index in [0.717, 1.165) is 0 Å². The fourth-order valence-electron chi connectivity index (χ4n) is 2.48. The highest BCUT2D eigenvalue weighted by atomic mass is 79.9. The molecule has 1 fully saturated rings. The summed E-state index contributed by atoms with van der Waals surface area (Å²) in [5.41, 5.74) is 5.55. The number of hydrogen-bond acceptors (Lipinski definition) is 5. The van der Waals surface area contributed by atoms with Crippen LogP contribution >= 0.6 is 28.3 Å². The van der Waals surface area contributed by atoms with Gasteiger partial charge in [0.2, 0.25) is 10.0 Å². The number of halogens is 2. The lowest BCUT2D eigenvalue weighted by Gasteiger charge is -2.41. The number of sulfonamides is 1. The lowest BCUT2D eigenvalue weighted by molar-refractivity contribution is -0.385.